The van der Waals surface area contributed by atoms with E-state index in [0.717, 1.165) is 25.3 Å². The van der Waals surface area contributed by atoms with Gasteiger partial charge in [-0.1, -0.05) is 12.5 Å². The molecule has 2 aromatic carbocycles. The third-order valence-corrected chi connectivity index (χ3v) is 7.71. The Kier molecular flexibility index (Phi) is 5.68. The zero-order chi connectivity index (χ0) is 20.4. The summed E-state index contributed by atoms with van der Waals surface area (Å²) in [7, 11) is -7.68. The molecule has 0 saturated carbocycles. The van der Waals surface area contributed by atoms with Crippen LogP contribution < -0.4 is 4.72 Å². The van der Waals surface area contributed by atoms with Gasteiger partial charge in [-0.3, -0.25) is 14.8 Å². The Morgan fingerprint density at radius 1 is 0.893 bits per heavy atom. The van der Waals surface area contributed by atoms with Crippen LogP contribution in [0.25, 0.3) is 0 Å². The van der Waals surface area contributed by atoms with Crippen LogP contribution in [0.15, 0.2) is 58.3 Å². The molecule has 1 fully saturated rings. The van der Waals surface area contributed by atoms with Crippen LogP contribution in [0.3, 0.4) is 0 Å². The Labute approximate surface area is 163 Å². The molecule has 1 aliphatic rings. The average molecular weight is 425 g/mol. The van der Waals surface area contributed by atoms with Crippen molar-refractivity contribution in [3.05, 3.63) is 58.6 Å². The quantitative estimate of drug-likeness (QED) is 0.560. The maximum Gasteiger partial charge on any atom is 0.271 e. The molecule has 1 N–H and O–H groups in total. The number of non-ortho nitro benzene ring substituents is 1. The number of nitrogens with one attached hydrogen (secondary N) is 1. The Morgan fingerprint density at radius 3 is 2.11 bits per heavy atom. The van der Waals surface area contributed by atoms with Crippen molar-refractivity contribution >= 4 is 31.4 Å². The second kappa shape index (κ2) is 7.86. The molecule has 0 amide bonds. The number of benzene rings is 2. The van der Waals surface area contributed by atoms with Crippen LogP contribution in [0.1, 0.15) is 19.3 Å². The molecule has 11 heteroatoms. The molecule has 1 aliphatic heterocycles. The van der Waals surface area contributed by atoms with E-state index < -0.39 is 25.0 Å². The van der Waals surface area contributed by atoms with Crippen molar-refractivity contribution < 1.29 is 21.8 Å². The molecule has 0 aliphatic carbocycles. The highest BCUT2D eigenvalue weighted by Crippen LogP contribution is 2.24. The smallest absolute Gasteiger partial charge is 0.271 e. The summed E-state index contributed by atoms with van der Waals surface area (Å²) in [5, 5.41) is 10.8. The molecule has 150 valence electrons. The van der Waals surface area contributed by atoms with E-state index in [0.29, 0.717) is 13.1 Å². The van der Waals surface area contributed by atoms with Gasteiger partial charge in [0.1, 0.15) is 0 Å². The molecule has 1 heterocycles. The number of hydrogen-bond donors (Lipinski definition) is 1. The minimum atomic E-state index is -4.02. The highest BCUT2D eigenvalue weighted by atomic mass is 32.2. The lowest BCUT2D eigenvalue weighted by Crippen LogP contribution is -2.35. The third-order valence-electron chi connectivity index (χ3n) is 4.40. The van der Waals surface area contributed by atoms with Gasteiger partial charge in [-0.05, 0) is 43.2 Å². The van der Waals surface area contributed by atoms with E-state index in [1.807, 2.05) is 0 Å². The van der Waals surface area contributed by atoms with E-state index in [1.165, 1.54) is 46.8 Å². The van der Waals surface area contributed by atoms with Crippen molar-refractivity contribution in [3.8, 4) is 0 Å². The van der Waals surface area contributed by atoms with E-state index in [9.17, 15) is 26.9 Å². The Balaban J connectivity index is 1.82. The highest BCUT2D eigenvalue weighted by Gasteiger charge is 2.26. The predicted octanol–water partition coefficient (Wildman–Crippen LogP) is 2.57. The van der Waals surface area contributed by atoms with Gasteiger partial charge >= 0.3 is 0 Å². The van der Waals surface area contributed by atoms with Crippen molar-refractivity contribution in [2.24, 2.45) is 0 Å². The van der Waals surface area contributed by atoms with Gasteiger partial charge in [-0.2, -0.15) is 4.31 Å². The number of piperidine rings is 1. The lowest BCUT2D eigenvalue weighted by Gasteiger charge is -2.25. The number of anilines is 1. The normalized spacial score (nSPS) is 15.9. The van der Waals surface area contributed by atoms with E-state index in [1.54, 1.807) is 0 Å². The molecular formula is C17H19N3O6S2. The summed E-state index contributed by atoms with van der Waals surface area (Å²) in [5.41, 5.74) is -0.206. The molecule has 3 rings (SSSR count). The first kappa shape index (κ1) is 20.2. The first-order chi connectivity index (χ1) is 13.2. The third kappa shape index (κ3) is 4.32. The number of nitrogens with zero attached hydrogens (tertiary/aromatic N) is 2. The molecule has 1 saturated heterocycles. The predicted molar refractivity (Wildman–Crippen MR) is 103 cm³/mol. The minimum absolute atomic E-state index is 0.0312. The van der Waals surface area contributed by atoms with Gasteiger partial charge in [0.05, 0.1) is 20.4 Å². The van der Waals surface area contributed by atoms with Gasteiger partial charge in [-0.25, -0.2) is 16.8 Å². The van der Waals surface area contributed by atoms with Crippen LogP contribution in [0.5, 0.6) is 0 Å². The van der Waals surface area contributed by atoms with Crippen LogP contribution in [-0.4, -0.2) is 39.2 Å². The number of nitro benzene ring substituents is 1. The molecule has 0 aromatic heterocycles. The fourth-order valence-electron chi connectivity index (χ4n) is 2.94. The first-order valence-electron chi connectivity index (χ1n) is 8.58. The zero-order valence-electron chi connectivity index (χ0n) is 14.8. The molecule has 0 bridgehead atoms. The Hall–Kier alpha value is -2.50. The van der Waals surface area contributed by atoms with E-state index >= 15 is 0 Å². The van der Waals surface area contributed by atoms with Crippen LogP contribution in [0.4, 0.5) is 11.4 Å². The van der Waals surface area contributed by atoms with Gasteiger partial charge in [0.25, 0.3) is 15.7 Å². The second-order valence-corrected chi connectivity index (χ2v) is 9.97. The maximum atomic E-state index is 12.6. The standard InChI is InChI=1S/C17H19N3O6S2/c21-20(22)15-6-4-5-14(13-15)18-27(23,24)16-7-9-17(10-8-16)28(25,26)19-11-2-1-3-12-19/h4-10,13,18H,1-3,11-12H2. The number of rotatable bonds is 6. The summed E-state index contributed by atoms with van der Waals surface area (Å²) in [6, 6.07) is 10.0. The molecule has 2 aromatic rings. The van der Waals surface area contributed by atoms with Crippen LogP contribution >= 0.6 is 0 Å². The van der Waals surface area contributed by atoms with E-state index in [4.69, 9.17) is 0 Å². The van der Waals surface area contributed by atoms with Crippen LogP contribution in [-0.2, 0) is 20.0 Å². The maximum absolute atomic E-state index is 12.6. The molecule has 9 nitrogen and oxygen atoms in total. The van der Waals surface area contributed by atoms with Crippen molar-refractivity contribution in [3.63, 3.8) is 0 Å². The summed E-state index contributed by atoms with van der Waals surface area (Å²) in [5.74, 6) is 0. The van der Waals surface area contributed by atoms with Crippen molar-refractivity contribution in [2.45, 2.75) is 29.1 Å². The summed E-state index contributed by atoms with van der Waals surface area (Å²) in [4.78, 5) is 10.1. The van der Waals surface area contributed by atoms with Gasteiger partial charge in [0.2, 0.25) is 10.0 Å². The Bertz CT molecular complexity index is 1080. The summed E-state index contributed by atoms with van der Waals surface area (Å²) in [6.07, 6.45) is 2.60. The molecule has 0 atom stereocenters. The first-order valence-corrected chi connectivity index (χ1v) is 11.5. The lowest BCUT2D eigenvalue weighted by atomic mass is 10.2. The number of hydrogen-bond acceptors (Lipinski definition) is 6. The monoisotopic (exact) mass is 425 g/mol. The fourth-order valence-corrected chi connectivity index (χ4v) is 5.51. The van der Waals surface area contributed by atoms with Gasteiger partial charge in [0.15, 0.2) is 0 Å². The molecule has 28 heavy (non-hydrogen) atoms. The van der Waals surface area contributed by atoms with Gasteiger partial charge in [-0.15, -0.1) is 0 Å². The lowest BCUT2D eigenvalue weighted by molar-refractivity contribution is -0.384. The zero-order valence-corrected chi connectivity index (χ0v) is 16.4. The van der Waals surface area contributed by atoms with Crippen molar-refractivity contribution in [1.29, 1.82) is 0 Å². The van der Waals surface area contributed by atoms with E-state index in [2.05, 4.69) is 4.72 Å². The number of nitro groups is 1. The van der Waals surface area contributed by atoms with Crippen molar-refractivity contribution in [1.82, 2.24) is 4.31 Å². The summed E-state index contributed by atoms with van der Waals surface area (Å²) >= 11 is 0. The van der Waals surface area contributed by atoms with Crippen molar-refractivity contribution in [2.75, 3.05) is 17.8 Å². The summed E-state index contributed by atoms with van der Waals surface area (Å²) < 4.78 is 53.9. The van der Waals surface area contributed by atoms with E-state index in [-0.39, 0.29) is 21.2 Å². The van der Waals surface area contributed by atoms with Gasteiger partial charge in [0, 0.05) is 25.2 Å². The average Bonchev–Trinajstić information content (AvgIpc) is 2.68. The summed E-state index contributed by atoms with van der Waals surface area (Å²) in [6.45, 7) is 0.910. The SMILES string of the molecule is O=[N+]([O-])c1cccc(NS(=O)(=O)c2ccc(S(=O)(=O)N3CCCCC3)cc2)c1. The molecular weight excluding hydrogens is 406 g/mol. The largest absolute Gasteiger partial charge is 0.279 e. The second-order valence-electron chi connectivity index (χ2n) is 6.35. The minimum Gasteiger partial charge on any atom is -0.279 e. The molecule has 0 radical (unpaired) electrons. The topological polar surface area (TPSA) is 127 Å². The Morgan fingerprint density at radius 2 is 1.50 bits per heavy atom. The van der Waals surface area contributed by atoms with Crippen LogP contribution in [0, 0.1) is 10.1 Å². The molecule has 0 spiro atoms. The highest BCUT2D eigenvalue weighted by molar-refractivity contribution is 7.92. The number of sulfonamides is 2. The fraction of sp³-hybridized carbons (Fsp3) is 0.294. The molecule has 0 unspecified atom stereocenters. The van der Waals surface area contributed by atoms with Gasteiger partial charge < -0.3 is 0 Å². The van der Waals surface area contributed by atoms with Crippen LogP contribution in [0.2, 0.25) is 0 Å².